The number of aromatic nitrogens is 2. The van der Waals surface area contributed by atoms with Crippen LogP contribution in [0.25, 0.3) is 10.9 Å². The zero-order chi connectivity index (χ0) is 24.4. The second-order valence-electron chi connectivity index (χ2n) is 9.99. The first-order chi connectivity index (χ1) is 17.0. The molecule has 4 heterocycles. The summed E-state index contributed by atoms with van der Waals surface area (Å²) >= 11 is 0. The summed E-state index contributed by atoms with van der Waals surface area (Å²) in [5, 5.41) is 2.95. The van der Waals surface area contributed by atoms with Crippen LogP contribution in [0.1, 0.15) is 49.5 Å². The molecule has 0 aliphatic carbocycles. The number of hydrogen-bond acceptors (Lipinski definition) is 7. The Hall–Kier alpha value is -2.62. The van der Waals surface area contributed by atoms with Crippen molar-refractivity contribution in [3.8, 4) is 0 Å². The molecule has 1 atom stereocenters. The van der Waals surface area contributed by atoms with Crippen molar-refractivity contribution in [3.63, 3.8) is 0 Å². The van der Waals surface area contributed by atoms with Gasteiger partial charge in [0.05, 0.1) is 30.2 Å². The van der Waals surface area contributed by atoms with Gasteiger partial charge in [0.15, 0.2) is 0 Å². The molecule has 5 rings (SSSR count). The van der Waals surface area contributed by atoms with Gasteiger partial charge in [0.1, 0.15) is 11.9 Å². The van der Waals surface area contributed by atoms with Gasteiger partial charge in [-0.2, -0.15) is 0 Å². The van der Waals surface area contributed by atoms with E-state index in [0.717, 1.165) is 77.2 Å². The van der Waals surface area contributed by atoms with Gasteiger partial charge in [-0.1, -0.05) is 18.6 Å². The van der Waals surface area contributed by atoms with E-state index in [1.54, 1.807) is 6.92 Å². The fourth-order valence-electron chi connectivity index (χ4n) is 5.54. The van der Waals surface area contributed by atoms with Gasteiger partial charge in [-0.05, 0) is 50.8 Å². The van der Waals surface area contributed by atoms with E-state index >= 15 is 0 Å². The minimum absolute atomic E-state index is 0.188. The number of hydrogen-bond donors (Lipinski definition) is 1. The highest BCUT2D eigenvalue weighted by Gasteiger charge is 2.31. The summed E-state index contributed by atoms with van der Waals surface area (Å²) in [6.45, 7) is 9.18. The SMILES string of the molecule is Cc1nc2cccc(CCCCCN3CCN(C4COC4)CC3)c2c(=O)n1C1CCC(=O)NC1=O. The minimum atomic E-state index is -0.692. The Morgan fingerprint density at radius 3 is 2.57 bits per heavy atom. The van der Waals surface area contributed by atoms with Crippen molar-refractivity contribution in [2.45, 2.75) is 57.5 Å². The van der Waals surface area contributed by atoms with Gasteiger partial charge in [0.25, 0.3) is 5.56 Å². The molecule has 1 aromatic heterocycles. The van der Waals surface area contributed by atoms with Crippen LogP contribution < -0.4 is 10.9 Å². The van der Waals surface area contributed by atoms with E-state index in [1.165, 1.54) is 4.57 Å². The fourth-order valence-corrected chi connectivity index (χ4v) is 5.54. The van der Waals surface area contributed by atoms with Gasteiger partial charge in [-0.25, -0.2) is 4.98 Å². The topological polar surface area (TPSA) is 96.8 Å². The highest BCUT2D eigenvalue weighted by Crippen LogP contribution is 2.22. The van der Waals surface area contributed by atoms with Crippen molar-refractivity contribution in [1.29, 1.82) is 0 Å². The lowest BCUT2D eigenvalue weighted by Gasteiger charge is -2.42. The summed E-state index contributed by atoms with van der Waals surface area (Å²) in [6, 6.07) is 5.75. The molecule has 0 radical (unpaired) electrons. The number of unbranched alkanes of at least 4 members (excludes halogenated alkanes) is 2. The number of ether oxygens (including phenoxy) is 1. The number of nitrogens with zero attached hydrogens (tertiary/aromatic N) is 4. The zero-order valence-corrected chi connectivity index (χ0v) is 20.5. The summed E-state index contributed by atoms with van der Waals surface area (Å²) in [4.78, 5) is 47.3. The number of fused-ring (bicyclic) bond motifs is 1. The smallest absolute Gasteiger partial charge is 0.262 e. The molecule has 0 saturated carbocycles. The molecule has 1 aromatic carbocycles. The van der Waals surface area contributed by atoms with E-state index in [9.17, 15) is 14.4 Å². The third-order valence-corrected chi connectivity index (χ3v) is 7.68. The molecule has 3 aliphatic rings. The Kier molecular flexibility index (Phi) is 7.27. The van der Waals surface area contributed by atoms with Crippen molar-refractivity contribution in [2.24, 2.45) is 0 Å². The summed E-state index contributed by atoms with van der Waals surface area (Å²) in [5.74, 6) is -0.216. The predicted molar refractivity (Wildman–Crippen MR) is 132 cm³/mol. The van der Waals surface area contributed by atoms with Crippen LogP contribution in [0.5, 0.6) is 0 Å². The lowest BCUT2D eigenvalue weighted by Crippen LogP contribution is -2.56. The van der Waals surface area contributed by atoms with Crippen molar-refractivity contribution in [2.75, 3.05) is 45.9 Å². The Morgan fingerprint density at radius 2 is 1.86 bits per heavy atom. The van der Waals surface area contributed by atoms with Crippen molar-refractivity contribution in [1.82, 2.24) is 24.7 Å². The molecule has 1 unspecified atom stereocenters. The molecule has 35 heavy (non-hydrogen) atoms. The van der Waals surface area contributed by atoms with E-state index in [4.69, 9.17) is 4.74 Å². The molecule has 2 amide bonds. The minimum Gasteiger partial charge on any atom is -0.378 e. The molecule has 1 N–H and O–H groups in total. The van der Waals surface area contributed by atoms with Crippen molar-refractivity contribution in [3.05, 3.63) is 39.9 Å². The molecule has 9 nitrogen and oxygen atoms in total. The van der Waals surface area contributed by atoms with Gasteiger partial charge < -0.3 is 9.64 Å². The van der Waals surface area contributed by atoms with Crippen LogP contribution in [-0.2, 0) is 20.7 Å². The third-order valence-electron chi connectivity index (χ3n) is 7.68. The van der Waals surface area contributed by atoms with Crippen LogP contribution in [0.2, 0.25) is 0 Å². The first-order valence-corrected chi connectivity index (χ1v) is 12.9. The maximum absolute atomic E-state index is 13.5. The van der Waals surface area contributed by atoms with E-state index < -0.39 is 11.9 Å². The number of carbonyl (C=O) groups excluding carboxylic acids is 2. The second kappa shape index (κ2) is 10.6. The molecule has 3 aliphatic heterocycles. The van der Waals surface area contributed by atoms with Crippen molar-refractivity contribution >= 4 is 22.7 Å². The Balaban J connectivity index is 1.19. The summed E-state index contributed by atoms with van der Waals surface area (Å²) < 4.78 is 6.79. The maximum atomic E-state index is 13.5. The standard InChI is InChI=1S/C26H35N5O4/c1-18-27-21-8-5-7-19(24(21)26(34)31(18)22-9-10-23(32)28-25(22)33)6-3-2-4-11-29-12-14-30(15-13-29)20-16-35-17-20/h5,7-8,20,22H,2-4,6,9-17H2,1H3,(H,28,32,33). The van der Waals surface area contributed by atoms with Gasteiger partial charge in [0, 0.05) is 32.6 Å². The largest absolute Gasteiger partial charge is 0.378 e. The number of rotatable bonds is 8. The molecule has 188 valence electrons. The molecular weight excluding hydrogens is 446 g/mol. The number of piperidine rings is 1. The Labute approximate surface area is 205 Å². The Bertz CT molecular complexity index is 1150. The Morgan fingerprint density at radius 1 is 1.06 bits per heavy atom. The summed E-state index contributed by atoms with van der Waals surface area (Å²) in [5.41, 5.74) is 1.47. The van der Waals surface area contributed by atoms with Gasteiger partial charge in [-0.3, -0.25) is 29.2 Å². The second-order valence-corrected chi connectivity index (χ2v) is 9.99. The number of piperazine rings is 1. The number of benzene rings is 1. The molecule has 0 spiro atoms. The fraction of sp³-hybridized carbons (Fsp3) is 0.615. The average Bonchev–Trinajstić information content (AvgIpc) is 2.80. The number of aryl methyl sites for hydroxylation is 2. The summed E-state index contributed by atoms with van der Waals surface area (Å²) in [7, 11) is 0. The lowest BCUT2D eigenvalue weighted by molar-refractivity contribution is -0.135. The van der Waals surface area contributed by atoms with Crippen LogP contribution in [0, 0.1) is 6.92 Å². The zero-order valence-electron chi connectivity index (χ0n) is 20.5. The monoisotopic (exact) mass is 481 g/mol. The van der Waals surface area contributed by atoms with Gasteiger partial charge >= 0.3 is 0 Å². The third kappa shape index (κ3) is 5.17. The molecule has 3 fully saturated rings. The van der Waals surface area contributed by atoms with E-state index in [2.05, 4.69) is 20.1 Å². The van der Waals surface area contributed by atoms with E-state index in [1.807, 2.05) is 18.2 Å². The van der Waals surface area contributed by atoms with E-state index in [0.29, 0.717) is 29.2 Å². The molecular formula is C26H35N5O4. The number of nitrogens with one attached hydrogen (secondary N) is 1. The molecule has 2 aromatic rings. The molecule has 9 heteroatoms. The first-order valence-electron chi connectivity index (χ1n) is 12.9. The summed E-state index contributed by atoms with van der Waals surface area (Å²) in [6.07, 6.45) is 4.62. The van der Waals surface area contributed by atoms with Crippen LogP contribution in [0.4, 0.5) is 0 Å². The van der Waals surface area contributed by atoms with Crippen LogP contribution >= 0.6 is 0 Å². The quantitative estimate of drug-likeness (QED) is 0.450. The van der Waals surface area contributed by atoms with Crippen molar-refractivity contribution < 1.29 is 14.3 Å². The van der Waals surface area contributed by atoms with E-state index in [-0.39, 0.29) is 17.9 Å². The van der Waals surface area contributed by atoms with Gasteiger partial charge in [0.2, 0.25) is 11.8 Å². The molecule has 3 saturated heterocycles. The number of amides is 2. The number of carbonyl (C=O) groups is 2. The van der Waals surface area contributed by atoms with Gasteiger partial charge in [-0.15, -0.1) is 0 Å². The van der Waals surface area contributed by atoms with Crippen LogP contribution in [0.3, 0.4) is 0 Å². The average molecular weight is 482 g/mol. The number of imide groups is 1. The first kappa shape index (κ1) is 24.1. The highest BCUT2D eigenvalue weighted by molar-refractivity contribution is 5.99. The lowest BCUT2D eigenvalue weighted by atomic mass is 10.0. The normalized spacial score (nSPS) is 22.4. The maximum Gasteiger partial charge on any atom is 0.262 e. The van der Waals surface area contributed by atoms with Crippen LogP contribution in [0.15, 0.2) is 23.0 Å². The predicted octanol–water partition coefficient (Wildman–Crippen LogP) is 1.41. The molecule has 0 bridgehead atoms. The van der Waals surface area contributed by atoms with Crippen LogP contribution in [-0.4, -0.2) is 83.1 Å². The highest BCUT2D eigenvalue weighted by atomic mass is 16.5.